The van der Waals surface area contributed by atoms with Gasteiger partial charge in [0, 0.05) is 12.1 Å². The van der Waals surface area contributed by atoms with Crippen molar-refractivity contribution in [1.29, 1.82) is 0 Å². The number of nitrogens with one attached hydrogen (secondary N) is 1. The van der Waals surface area contributed by atoms with Gasteiger partial charge in [-0.15, -0.1) is 0 Å². The van der Waals surface area contributed by atoms with Crippen LogP contribution >= 0.6 is 11.8 Å². The van der Waals surface area contributed by atoms with Crippen LogP contribution in [0.3, 0.4) is 0 Å². The number of hydrogen-bond acceptors (Lipinski definition) is 6. The molecule has 202 valence electrons. The van der Waals surface area contributed by atoms with E-state index in [1.165, 1.54) is 17.0 Å². The van der Waals surface area contributed by atoms with E-state index in [4.69, 9.17) is 14.5 Å². The molecule has 0 radical (unpaired) electrons. The molecule has 1 N–H and O–H groups in total. The van der Waals surface area contributed by atoms with Crippen molar-refractivity contribution in [1.82, 2.24) is 4.90 Å². The van der Waals surface area contributed by atoms with Gasteiger partial charge in [-0.25, -0.2) is 4.99 Å². The topological polar surface area (TPSA) is 80.2 Å². The number of benzene rings is 3. The number of anilines is 1. The highest BCUT2D eigenvalue weighted by Gasteiger charge is 2.39. The molecule has 1 atom stereocenters. The Hall–Kier alpha value is -3.99. The smallest absolute Gasteiger partial charge is 0.416 e. The average molecular weight is 556 g/mol. The van der Waals surface area contributed by atoms with Gasteiger partial charge in [0.15, 0.2) is 16.7 Å². The van der Waals surface area contributed by atoms with Crippen molar-refractivity contribution in [3.05, 3.63) is 82.9 Å². The van der Waals surface area contributed by atoms with E-state index in [0.29, 0.717) is 22.4 Å². The van der Waals surface area contributed by atoms with Crippen LogP contribution < -0.4 is 14.8 Å². The number of hydrogen-bond donors (Lipinski definition) is 1. The van der Waals surface area contributed by atoms with Crippen LogP contribution in [0.5, 0.6) is 11.5 Å². The van der Waals surface area contributed by atoms with E-state index in [2.05, 4.69) is 5.32 Å². The monoisotopic (exact) mass is 555 g/mol. The van der Waals surface area contributed by atoms with E-state index in [1.54, 1.807) is 12.1 Å². The van der Waals surface area contributed by atoms with Crippen LogP contribution in [-0.2, 0) is 22.3 Å². The maximum atomic E-state index is 13.5. The number of amidine groups is 1. The Morgan fingerprint density at radius 3 is 2.64 bits per heavy atom. The second-order valence-corrected chi connectivity index (χ2v) is 10.4. The highest BCUT2D eigenvalue weighted by molar-refractivity contribution is 8.15. The van der Waals surface area contributed by atoms with Gasteiger partial charge in [0.25, 0.3) is 0 Å². The molecule has 11 heteroatoms. The van der Waals surface area contributed by atoms with Crippen LogP contribution in [0.2, 0.25) is 0 Å². The van der Waals surface area contributed by atoms with Crippen molar-refractivity contribution in [2.75, 3.05) is 12.1 Å². The van der Waals surface area contributed by atoms with Crippen LogP contribution in [0, 0.1) is 13.8 Å². The SMILES string of the molecule is Cc1ccc(N=C2S[C@@H](CC(=O)Nc3cccc(C(F)(F)F)c3)C(=O)N2Cc2ccc3c(c2)OCO3)c(C)c1. The van der Waals surface area contributed by atoms with Crippen LogP contribution in [0.4, 0.5) is 24.5 Å². The van der Waals surface area contributed by atoms with Gasteiger partial charge in [0.1, 0.15) is 5.25 Å². The molecule has 39 heavy (non-hydrogen) atoms. The predicted molar refractivity (Wildman–Crippen MR) is 142 cm³/mol. The Morgan fingerprint density at radius 2 is 1.87 bits per heavy atom. The lowest BCUT2D eigenvalue weighted by atomic mass is 10.1. The highest BCUT2D eigenvalue weighted by atomic mass is 32.2. The Labute approximate surface area is 227 Å². The molecule has 2 heterocycles. The molecule has 1 saturated heterocycles. The third-order valence-electron chi connectivity index (χ3n) is 6.21. The molecule has 2 amide bonds. The molecule has 2 aliphatic heterocycles. The molecule has 5 rings (SSSR count). The van der Waals surface area contributed by atoms with Gasteiger partial charge >= 0.3 is 6.18 Å². The highest BCUT2D eigenvalue weighted by Crippen LogP contribution is 2.37. The maximum absolute atomic E-state index is 13.5. The summed E-state index contributed by atoms with van der Waals surface area (Å²) < 4.78 is 50.0. The van der Waals surface area contributed by atoms with Gasteiger partial charge in [0.05, 0.1) is 17.8 Å². The predicted octanol–water partition coefficient (Wildman–Crippen LogP) is 6.21. The first-order valence-electron chi connectivity index (χ1n) is 12.1. The van der Waals surface area contributed by atoms with E-state index >= 15 is 0 Å². The fraction of sp³-hybridized carbons (Fsp3) is 0.250. The number of aryl methyl sites for hydroxylation is 2. The zero-order valence-electron chi connectivity index (χ0n) is 21.0. The van der Waals surface area contributed by atoms with Gasteiger partial charge in [-0.2, -0.15) is 13.2 Å². The number of rotatable bonds is 6. The van der Waals surface area contributed by atoms with E-state index in [9.17, 15) is 22.8 Å². The molecule has 7 nitrogen and oxygen atoms in total. The molecule has 0 spiro atoms. The summed E-state index contributed by atoms with van der Waals surface area (Å²) in [5, 5.41) is 2.12. The molecule has 3 aromatic rings. The number of carbonyl (C=O) groups is 2. The zero-order chi connectivity index (χ0) is 27.7. The van der Waals surface area contributed by atoms with Gasteiger partial charge < -0.3 is 14.8 Å². The summed E-state index contributed by atoms with van der Waals surface area (Å²) in [4.78, 5) is 32.5. The van der Waals surface area contributed by atoms with Crippen LogP contribution in [0.25, 0.3) is 0 Å². The molecule has 0 bridgehead atoms. The van der Waals surface area contributed by atoms with E-state index in [-0.39, 0.29) is 31.4 Å². The maximum Gasteiger partial charge on any atom is 0.416 e. The summed E-state index contributed by atoms with van der Waals surface area (Å²) in [6.07, 6.45) is -4.77. The first-order chi connectivity index (χ1) is 18.6. The van der Waals surface area contributed by atoms with Crippen molar-refractivity contribution >= 4 is 40.1 Å². The van der Waals surface area contributed by atoms with Gasteiger partial charge in [-0.1, -0.05) is 41.6 Å². The average Bonchev–Trinajstić information content (AvgIpc) is 3.45. The first kappa shape index (κ1) is 26.6. The minimum Gasteiger partial charge on any atom is -0.454 e. The molecule has 3 aromatic carbocycles. The number of nitrogens with zero attached hydrogens (tertiary/aromatic N) is 2. The van der Waals surface area contributed by atoms with E-state index < -0.39 is 22.9 Å². The number of ether oxygens (including phenoxy) is 2. The number of fused-ring (bicyclic) bond motifs is 1. The molecule has 0 saturated carbocycles. The van der Waals surface area contributed by atoms with Crippen molar-refractivity contribution < 1.29 is 32.2 Å². The summed E-state index contributed by atoms with van der Waals surface area (Å²) in [6, 6.07) is 15.6. The van der Waals surface area contributed by atoms with Crippen molar-refractivity contribution in [3.63, 3.8) is 0 Å². The summed E-state index contributed by atoms with van der Waals surface area (Å²) >= 11 is 1.16. The number of aliphatic imine (C=N–C) groups is 1. The number of amides is 2. The Kier molecular flexibility index (Phi) is 7.26. The van der Waals surface area contributed by atoms with Crippen molar-refractivity contribution in [2.24, 2.45) is 4.99 Å². The molecule has 1 fully saturated rings. The fourth-order valence-corrected chi connectivity index (χ4v) is 5.43. The lowest BCUT2D eigenvalue weighted by molar-refractivity contribution is -0.137. The summed E-state index contributed by atoms with van der Waals surface area (Å²) in [5.41, 5.74) is 2.63. The largest absolute Gasteiger partial charge is 0.454 e. The van der Waals surface area contributed by atoms with Gasteiger partial charge in [-0.3, -0.25) is 14.5 Å². The summed E-state index contributed by atoms with van der Waals surface area (Å²) in [5.74, 6) is 0.308. The summed E-state index contributed by atoms with van der Waals surface area (Å²) in [6.45, 7) is 4.22. The van der Waals surface area contributed by atoms with Crippen molar-refractivity contribution in [3.8, 4) is 11.5 Å². The van der Waals surface area contributed by atoms with Crippen LogP contribution in [0.1, 0.15) is 28.7 Å². The Bertz CT molecular complexity index is 1470. The molecular formula is C28H24F3N3O4S. The zero-order valence-corrected chi connectivity index (χ0v) is 21.9. The second-order valence-electron chi connectivity index (χ2n) is 9.23. The third-order valence-corrected chi connectivity index (χ3v) is 7.39. The quantitative estimate of drug-likeness (QED) is 0.391. The van der Waals surface area contributed by atoms with E-state index in [0.717, 1.165) is 40.6 Å². The Morgan fingerprint density at radius 1 is 1.08 bits per heavy atom. The lowest BCUT2D eigenvalue weighted by Gasteiger charge is -2.17. The normalized spacial score (nSPS) is 17.7. The van der Waals surface area contributed by atoms with Gasteiger partial charge in [-0.05, 0) is 61.4 Å². The second kappa shape index (κ2) is 10.6. The fourth-order valence-electron chi connectivity index (χ4n) is 4.28. The van der Waals surface area contributed by atoms with Gasteiger partial charge in [0.2, 0.25) is 18.6 Å². The first-order valence-corrected chi connectivity index (χ1v) is 12.9. The minimum atomic E-state index is -4.54. The molecule has 0 aliphatic carbocycles. The summed E-state index contributed by atoms with van der Waals surface area (Å²) in [7, 11) is 0. The van der Waals surface area contributed by atoms with Crippen molar-refractivity contribution in [2.45, 2.75) is 38.2 Å². The third kappa shape index (κ3) is 6.03. The minimum absolute atomic E-state index is 0.00616. The molecule has 0 aromatic heterocycles. The molecular weight excluding hydrogens is 531 g/mol. The van der Waals surface area contributed by atoms with Crippen LogP contribution in [0.15, 0.2) is 65.7 Å². The number of halogens is 3. The van der Waals surface area contributed by atoms with Crippen LogP contribution in [-0.4, -0.2) is 33.9 Å². The standard InChI is InChI=1S/C28H24F3N3O4S/c1-16-6-8-21(17(2)10-16)33-27-34(14-18-7-9-22-23(11-18)38-15-37-22)26(36)24(39-27)13-25(35)32-20-5-3-4-19(12-20)28(29,30)31/h3-12,24H,13-15H2,1-2H3,(H,32,35)/t24-/m0/s1. The Balaban J connectivity index is 1.37. The molecule has 2 aliphatic rings. The number of carbonyl (C=O) groups excluding carboxylic acids is 2. The number of thioether (sulfide) groups is 1. The lowest BCUT2D eigenvalue weighted by Crippen LogP contribution is -2.33. The number of alkyl halides is 3. The molecule has 0 unspecified atom stereocenters. The van der Waals surface area contributed by atoms with E-state index in [1.807, 2.05) is 38.1 Å².